The molecule has 0 saturated heterocycles. The number of nitrogens with zero attached hydrogens (tertiary/aromatic N) is 2. The van der Waals surface area contributed by atoms with Gasteiger partial charge in [0.2, 0.25) is 0 Å². The zero-order valence-corrected chi connectivity index (χ0v) is 9.81. The zero-order chi connectivity index (χ0) is 11.1. The van der Waals surface area contributed by atoms with E-state index in [0.29, 0.717) is 12.1 Å². The molecule has 0 unspecified atom stereocenters. The highest BCUT2D eigenvalue weighted by molar-refractivity contribution is 4.83. The Bertz CT molecular complexity index is 248. The summed E-state index contributed by atoms with van der Waals surface area (Å²) < 4.78 is 6.98. The number of nitrogens with one attached hydrogen (secondary N) is 1. The summed E-state index contributed by atoms with van der Waals surface area (Å²) in [4.78, 5) is 0. The van der Waals surface area contributed by atoms with Crippen molar-refractivity contribution < 1.29 is 4.74 Å². The predicted octanol–water partition coefficient (Wildman–Crippen LogP) is 1.46. The number of aromatic nitrogens is 2. The van der Waals surface area contributed by atoms with Crippen molar-refractivity contribution in [2.75, 3.05) is 20.3 Å². The topological polar surface area (TPSA) is 39.1 Å². The molecule has 0 saturated carbocycles. The number of hydrogen-bond donors (Lipinski definition) is 1. The first-order valence-corrected chi connectivity index (χ1v) is 5.47. The Morgan fingerprint density at radius 3 is 2.87 bits per heavy atom. The van der Waals surface area contributed by atoms with Gasteiger partial charge in [-0.15, -0.1) is 0 Å². The van der Waals surface area contributed by atoms with Gasteiger partial charge in [-0.3, -0.25) is 4.68 Å². The molecule has 0 spiro atoms. The highest BCUT2D eigenvalue weighted by Gasteiger charge is 2.12. The normalized spacial score (nSPS) is 15.1. The summed E-state index contributed by atoms with van der Waals surface area (Å²) in [5.74, 6) is 0. The second kappa shape index (κ2) is 6.58. The van der Waals surface area contributed by atoms with Crippen molar-refractivity contribution in [3.8, 4) is 0 Å². The van der Waals surface area contributed by atoms with E-state index < -0.39 is 0 Å². The molecule has 1 N–H and O–H groups in total. The van der Waals surface area contributed by atoms with Crippen LogP contribution in [0.25, 0.3) is 0 Å². The average Bonchev–Trinajstić information content (AvgIpc) is 2.76. The first-order valence-electron chi connectivity index (χ1n) is 5.47. The Morgan fingerprint density at radius 1 is 1.47 bits per heavy atom. The minimum absolute atomic E-state index is 0.377. The second-order valence-electron chi connectivity index (χ2n) is 3.82. The number of hydrogen-bond acceptors (Lipinski definition) is 3. The van der Waals surface area contributed by atoms with Crippen LogP contribution < -0.4 is 5.32 Å². The van der Waals surface area contributed by atoms with Crippen molar-refractivity contribution in [1.29, 1.82) is 0 Å². The minimum Gasteiger partial charge on any atom is -0.385 e. The third kappa shape index (κ3) is 4.01. The van der Waals surface area contributed by atoms with Gasteiger partial charge in [-0.05, 0) is 32.9 Å². The maximum absolute atomic E-state index is 5.00. The molecule has 1 aromatic heterocycles. The zero-order valence-electron chi connectivity index (χ0n) is 9.81. The molecule has 0 fully saturated rings. The van der Waals surface area contributed by atoms with Gasteiger partial charge in [-0.25, -0.2) is 0 Å². The van der Waals surface area contributed by atoms with E-state index in [1.807, 2.05) is 23.1 Å². The average molecular weight is 211 g/mol. The van der Waals surface area contributed by atoms with Crippen LogP contribution in [0.5, 0.6) is 0 Å². The predicted molar refractivity (Wildman–Crippen MR) is 60.9 cm³/mol. The lowest BCUT2D eigenvalue weighted by Crippen LogP contribution is -2.34. The molecular weight excluding hydrogens is 190 g/mol. The van der Waals surface area contributed by atoms with Crippen LogP contribution in [0.2, 0.25) is 0 Å². The molecule has 0 aliphatic heterocycles. The molecule has 1 rings (SSSR count). The largest absolute Gasteiger partial charge is 0.385 e. The van der Waals surface area contributed by atoms with Crippen LogP contribution in [0.4, 0.5) is 0 Å². The first kappa shape index (κ1) is 12.2. The third-order valence-corrected chi connectivity index (χ3v) is 2.66. The van der Waals surface area contributed by atoms with Crippen LogP contribution in [0, 0.1) is 0 Å². The monoisotopic (exact) mass is 211 g/mol. The summed E-state index contributed by atoms with van der Waals surface area (Å²) in [5.41, 5.74) is 0. The Labute approximate surface area is 91.6 Å². The molecule has 0 amide bonds. The molecule has 2 atom stereocenters. The molecule has 86 valence electrons. The molecule has 4 nitrogen and oxygen atoms in total. The van der Waals surface area contributed by atoms with Crippen molar-refractivity contribution in [3.63, 3.8) is 0 Å². The van der Waals surface area contributed by atoms with E-state index in [-0.39, 0.29) is 0 Å². The summed E-state index contributed by atoms with van der Waals surface area (Å²) in [7, 11) is 1.73. The van der Waals surface area contributed by atoms with Gasteiger partial charge in [-0.1, -0.05) is 0 Å². The van der Waals surface area contributed by atoms with Gasteiger partial charge in [0, 0.05) is 32.2 Å². The highest BCUT2D eigenvalue weighted by Crippen LogP contribution is 2.08. The smallest absolute Gasteiger partial charge is 0.0641 e. The van der Waals surface area contributed by atoms with Crippen molar-refractivity contribution in [2.45, 2.75) is 32.4 Å². The number of ether oxygens (including phenoxy) is 1. The summed E-state index contributed by atoms with van der Waals surface area (Å²) >= 11 is 0. The maximum atomic E-state index is 5.00. The Kier molecular flexibility index (Phi) is 5.36. The maximum Gasteiger partial charge on any atom is 0.0641 e. The fraction of sp³-hybridized carbons (Fsp3) is 0.727. The van der Waals surface area contributed by atoms with E-state index in [4.69, 9.17) is 4.74 Å². The molecule has 4 heteroatoms. The van der Waals surface area contributed by atoms with Gasteiger partial charge < -0.3 is 10.1 Å². The molecule has 0 bridgehead atoms. The fourth-order valence-electron chi connectivity index (χ4n) is 1.47. The van der Waals surface area contributed by atoms with Crippen LogP contribution in [-0.4, -0.2) is 36.1 Å². The van der Waals surface area contributed by atoms with Crippen LogP contribution in [0.3, 0.4) is 0 Å². The molecule has 0 aromatic carbocycles. The summed E-state index contributed by atoms with van der Waals surface area (Å²) in [6.45, 7) is 6.15. The standard InChI is InChI=1S/C11H21N3O/c1-10(12-6-5-9-15-3)11(2)14-8-4-7-13-14/h4,7-8,10-12H,5-6,9H2,1-3H3/t10-,11-/m0/s1. The van der Waals surface area contributed by atoms with Gasteiger partial charge >= 0.3 is 0 Å². The van der Waals surface area contributed by atoms with Crippen LogP contribution in [0.1, 0.15) is 26.3 Å². The summed E-state index contributed by atoms with van der Waals surface area (Å²) in [5, 5.41) is 7.70. The Hall–Kier alpha value is -0.870. The van der Waals surface area contributed by atoms with E-state index in [2.05, 4.69) is 24.3 Å². The molecule has 0 aliphatic rings. The van der Waals surface area contributed by atoms with Gasteiger partial charge in [-0.2, -0.15) is 5.10 Å². The van der Waals surface area contributed by atoms with Gasteiger partial charge in [0.05, 0.1) is 6.04 Å². The Morgan fingerprint density at radius 2 is 2.27 bits per heavy atom. The van der Waals surface area contributed by atoms with Gasteiger partial charge in [0.1, 0.15) is 0 Å². The fourth-order valence-corrected chi connectivity index (χ4v) is 1.47. The van der Waals surface area contributed by atoms with E-state index in [0.717, 1.165) is 19.6 Å². The molecule has 0 aliphatic carbocycles. The number of rotatable bonds is 7. The van der Waals surface area contributed by atoms with Crippen LogP contribution in [0.15, 0.2) is 18.5 Å². The van der Waals surface area contributed by atoms with E-state index in [1.165, 1.54) is 0 Å². The van der Waals surface area contributed by atoms with Crippen molar-refractivity contribution >= 4 is 0 Å². The lowest BCUT2D eigenvalue weighted by Gasteiger charge is -2.21. The number of methoxy groups -OCH3 is 1. The molecule has 15 heavy (non-hydrogen) atoms. The molecular formula is C11H21N3O. The van der Waals surface area contributed by atoms with E-state index in [9.17, 15) is 0 Å². The highest BCUT2D eigenvalue weighted by atomic mass is 16.5. The van der Waals surface area contributed by atoms with Crippen molar-refractivity contribution in [1.82, 2.24) is 15.1 Å². The van der Waals surface area contributed by atoms with Crippen molar-refractivity contribution in [3.05, 3.63) is 18.5 Å². The Balaban J connectivity index is 2.24. The molecule has 1 aromatic rings. The molecule has 1 heterocycles. The quantitative estimate of drug-likeness (QED) is 0.694. The van der Waals surface area contributed by atoms with Crippen LogP contribution in [-0.2, 0) is 4.74 Å². The lowest BCUT2D eigenvalue weighted by atomic mass is 10.1. The van der Waals surface area contributed by atoms with Crippen molar-refractivity contribution in [2.24, 2.45) is 0 Å². The molecule has 0 radical (unpaired) electrons. The summed E-state index contributed by atoms with van der Waals surface area (Å²) in [6, 6.07) is 2.75. The SMILES string of the molecule is COCCCN[C@@H](C)[C@H](C)n1cccn1. The summed E-state index contributed by atoms with van der Waals surface area (Å²) in [6.07, 6.45) is 4.86. The lowest BCUT2D eigenvalue weighted by molar-refractivity contribution is 0.192. The third-order valence-electron chi connectivity index (χ3n) is 2.66. The first-order chi connectivity index (χ1) is 7.25. The second-order valence-corrected chi connectivity index (χ2v) is 3.82. The van der Waals surface area contributed by atoms with Gasteiger partial charge in [0.15, 0.2) is 0 Å². The minimum atomic E-state index is 0.377. The van der Waals surface area contributed by atoms with E-state index >= 15 is 0 Å². The van der Waals surface area contributed by atoms with Gasteiger partial charge in [0.25, 0.3) is 0 Å². The van der Waals surface area contributed by atoms with E-state index in [1.54, 1.807) is 7.11 Å². The van der Waals surface area contributed by atoms with Crippen LogP contribution >= 0.6 is 0 Å².